The van der Waals surface area contributed by atoms with Crippen LogP contribution in [0.25, 0.3) is 53.2 Å². The minimum absolute atomic E-state index is 0.0185. The highest BCUT2D eigenvalue weighted by Crippen LogP contribution is 2.39. The standard InChI is InChI=1S/C23H22ClN5OS.C18H14ClN5S.C17H16BrClN4OS.C12H18BNO2/c1-15-12-17(9-10-25-15)23-27-19(13-16-5-7-18(24)8-6-16)21(31-23)22-26-14-29(28-22)20-4-2-3-11-30-20;1-11-8-13(6-7-20-11)18-23-15(9-12-2-4-14(19)5-3-12)16(25-18)17-21-10-22-24-17;18-17-21-13(9-11-4-6-12(19)7-5-11)15(25-17)16-20-10-23(22-16)14-3-1-2-8-24-14;1-9-8-10(6-7-14-9)13-15-11(2,3)12(4,5)16-13/h5-10,12,14,20H,2-4,11,13H2,1H3;2-8,10H,9H2,1H3,(H,21,22,24);4-7,10,14H,1-3,8-9H2;6-8H,1-5H3/p+2. The second-order valence-corrected chi connectivity index (χ2v) is 30.2. The van der Waals surface area contributed by atoms with E-state index >= 15 is 0 Å². The van der Waals surface area contributed by atoms with Gasteiger partial charge in [-0.15, -0.1) is 43.4 Å². The van der Waals surface area contributed by atoms with Crippen molar-refractivity contribution >= 4 is 97.3 Å². The van der Waals surface area contributed by atoms with E-state index in [1.165, 1.54) is 24.7 Å². The van der Waals surface area contributed by atoms with Crippen molar-refractivity contribution in [2.45, 2.75) is 130 Å². The van der Waals surface area contributed by atoms with Crippen molar-refractivity contribution in [2.75, 3.05) is 13.2 Å². The van der Waals surface area contributed by atoms with Crippen LogP contribution < -0.4 is 14.8 Å². The number of halogens is 4. The molecule has 9 aromatic heterocycles. The number of ether oxygens (including phenoxy) is 2. The molecule has 3 N–H and O–H groups in total. The minimum Gasteiger partial charge on any atom is -0.399 e. The van der Waals surface area contributed by atoms with Crippen molar-refractivity contribution < 1.29 is 28.1 Å². The minimum atomic E-state index is -0.285. The summed E-state index contributed by atoms with van der Waals surface area (Å²) in [5.41, 5.74) is 11.9. The van der Waals surface area contributed by atoms with Crippen LogP contribution in [-0.2, 0) is 38.0 Å². The van der Waals surface area contributed by atoms with Crippen molar-refractivity contribution in [3.8, 4) is 53.2 Å². The molecule has 0 spiro atoms. The molecule has 2 unspecified atom stereocenters. The van der Waals surface area contributed by atoms with Crippen molar-refractivity contribution in [1.29, 1.82) is 0 Å². The molecule has 0 radical (unpaired) electrons. The van der Waals surface area contributed by atoms with Gasteiger partial charge in [0.25, 0.3) is 11.6 Å². The van der Waals surface area contributed by atoms with Crippen LogP contribution in [0.2, 0.25) is 15.1 Å². The SMILES string of the molecule is Cc1cc(-c2nc(Cc3ccc(Cl)cc3)c(-c3nc[n+](C4CCCCO4)[nH]3)s2)ccn1.Cc1cc(-c2nc(Cc3ccc(Cl)cc3)c(-c3ncn[nH]3)s2)ccn1.Cc1cc(B2OC(C)(C)C(C)(C)O2)ccn1.Clc1ccc(Cc2nc(Br)sc2-c2nc[n+](C3CCCCO3)[nH]2)cc1. The third kappa shape index (κ3) is 17.9. The van der Waals surface area contributed by atoms with E-state index in [0.29, 0.717) is 12.8 Å². The maximum atomic E-state index is 6.07. The topological polar surface area (TPSA) is 221 Å². The number of nitrogens with zero attached hydrogens (tertiary/aromatic N) is 12. The van der Waals surface area contributed by atoms with Crippen molar-refractivity contribution in [3.63, 3.8) is 0 Å². The summed E-state index contributed by atoms with van der Waals surface area (Å²) in [7, 11) is -0.285. The summed E-state index contributed by atoms with van der Waals surface area (Å²) in [6.07, 6.45) is 19.4. The normalized spacial score (nSPS) is 16.4. The van der Waals surface area contributed by atoms with Gasteiger partial charge in [0.15, 0.2) is 9.74 Å². The van der Waals surface area contributed by atoms with Crippen LogP contribution in [0.1, 0.15) is 130 Å². The summed E-state index contributed by atoms with van der Waals surface area (Å²) >= 11 is 26.4. The number of aromatic nitrogens is 15. The quantitative estimate of drug-likeness (QED) is 0.0681. The first-order chi connectivity index (χ1) is 46.8. The highest BCUT2D eigenvalue weighted by atomic mass is 79.9. The molecule has 15 rings (SSSR count). The van der Waals surface area contributed by atoms with Gasteiger partial charge in [-0.25, -0.2) is 19.9 Å². The van der Waals surface area contributed by atoms with Gasteiger partial charge in [-0.2, -0.15) is 15.3 Å². The fourth-order valence-electron chi connectivity index (χ4n) is 10.9. The molecule has 0 saturated carbocycles. The zero-order chi connectivity index (χ0) is 67.6. The Kier molecular flexibility index (Phi) is 22.7. The lowest BCUT2D eigenvalue weighted by molar-refractivity contribution is -0.811. The largest absolute Gasteiger partial charge is 0.494 e. The number of thiazole rings is 3. The van der Waals surface area contributed by atoms with Crippen molar-refractivity contribution in [1.82, 2.24) is 65.3 Å². The van der Waals surface area contributed by atoms with Gasteiger partial charge in [-0.3, -0.25) is 20.1 Å². The Hall–Kier alpha value is -7.33. The van der Waals surface area contributed by atoms with E-state index in [0.717, 1.165) is 168 Å². The molecule has 19 nitrogen and oxygen atoms in total. The molecule has 3 aromatic carbocycles. The summed E-state index contributed by atoms with van der Waals surface area (Å²) < 4.78 is 28.4. The van der Waals surface area contributed by atoms with Gasteiger partial charge in [-0.1, -0.05) is 71.2 Å². The molecule has 12 heterocycles. The van der Waals surface area contributed by atoms with E-state index in [2.05, 4.69) is 105 Å². The smallest absolute Gasteiger partial charge is 0.399 e. The number of H-pyrrole nitrogens is 3. The third-order valence-electron chi connectivity index (χ3n) is 16.7. The number of nitrogens with one attached hydrogen (secondary N) is 3. The molecule has 3 fully saturated rings. The van der Waals surface area contributed by atoms with Gasteiger partial charge in [-0.05, 0) is 195 Å². The Morgan fingerprint density at radius 2 is 0.938 bits per heavy atom. The van der Waals surface area contributed by atoms with E-state index < -0.39 is 0 Å². The second-order valence-electron chi connectivity index (χ2n) is 24.6. The molecule has 97 heavy (non-hydrogen) atoms. The summed E-state index contributed by atoms with van der Waals surface area (Å²) in [5.74, 6) is 2.37. The van der Waals surface area contributed by atoms with E-state index in [1.54, 1.807) is 46.4 Å². The molecule has 0 bridgehead atoms. The number of benzene rings is 3. The van der Waals surface area contributed by atoms with Gasteiger partial charge in [0.05, 0.1) is 46.4 Å². The number of aromatic amines is 3. The monoisotopic (exact) mass is 1480 g/mol. The summed E-state index contributed by atoms with van der Waals surface area (Å²) in [4.78, 5) is 43.8. The number of hydrogen-bond donors (Lipinski definition) is 3. The molecule has 3 saturated heterocycles. The maximum Gasteiger partial charge on any atom is 0.494 e. The molecule has 0 aliphatic carbocycles. The van der Waals surface area contributed by atoms with Crippen LogP contribution in [0, 0.1) is 20.8 Å². The first kappa shape index (κ1) is 69.6. The van der Waals surface area contributed by atoms with Crippen LogP contribution >= 0.6 is 84.7 Å². The van der Waals surface area contributed by atoms with E-state index in [9.17, 15) is 0 Å². The van der Waals surface area contributed by atoms with E-state index in [-0.39, 0.29) is 30.8 Å². The van der Waals surface area contributed by atoms with Crippen LogP contribution in [0.3, 0.4) is 0 Å². The summed E-state index contributed by atoms with van der Waals surface area (Å²) in [6.45, 7) is 15.8. The fraction of sp³-hybridized carbons (Fsp3) is 0.314. The van der Waals surface area contributed by atoms with Gasteiger partial charge in [0, 0.05) is 94.0 Å². The van der Waals surface area contributed by atoms with E-state index in [4.69, 9.17) is 63.6 Å². The van der Waals surface area contributed by atoms with Crippen LogP contribution in [0.5, 0.6) is 0 Å². The fourth-order valence-corrected chi connectivity index (χ4v) is 14.8. The number of rotatable bonds is 14. The molecular formula is C70H72BBrCl3N15O4S3+2. The predicted octanol–water partition coefficient (Wildman–Crippen LogP) is 15.9. The molecule has 27 heteroatoms. The summed E-state index contributed by atoms with van der Waals surface area (Å²) in [5, 5.41) is 17.8. The van der Waals surface area contributed by atoms with Crippen LogP contribution in [0.4, 0.5) is 0 Å². The lowest BCUT2D eigenvalue weighted by atomic mass is 9.79. The third-order valence-corrected chi connectivity index (χ3v) is 21.4. The molecule has 0 amide bonds. The second kappa shape index (κ2) is 31.7. The summed E-state index contributed by atoms with van der Waals surface area (Å²) in [6, 6.07) is 35.6. The molecule has 3 aliphatic rings. The zero-order valence-corrected chi connectivity index (χ0v) is 60.9. The van der Waals surface area contributed by atoms with Gasteiger partial charge in [0.1, 0.15) is 26.1 Å². The number of pyridine rings is 3. The molecular weight excluding hydrogens is 1410 g/mol. The van der Waals surface area contributed by atoms with Crippen molar-refractivity contribution in [3.05, 3.63) is 217 Å². The highest BCUT2D eigenvalue weighted by molar-refractivity contribution is 9.11. The van der Waals surface area contributed by atoms with E-state index in [1.807, 2.05) is 152 Å². The lowest BCUT2D eigenvalue weighted by Crippen LogP contribution is -2.43. The first-order valence-corrected chi connectivity index (χ1v) is 36.3. The molecule has 2 atom stereocenters. The maximum absolute atomic E-state index is 6.07. The Balaban J connectivity index is 0.000000126. The Bertz CT molecular complexity index is 4540. The highest BCUT2D eigenvalue weighted by Gasteiger charge is 2.51. The Labute approximate surface area is 599 Å². The lowest BCUT2D eigenvalue weighted by Gasteiger charge is -2.32. The molecule has 12 aromatic rings. The Morgan fingerprint density at radius 1 is 0.515 bits per heavy atom. The van der Waals surface area contributed by atoms with Crippen molar-refractivity contribution in [2.24, 2.45) is 0 Å². The average molecular weight is 1480 g/mol. The average Bonchev–Trinajstić information content (AvgIpc) is 1.64. The van der Waals surface area contributed by atoms with Crippen LogP contribution in [0.15, 0.2) is 151 Å². The molecule has 3 aliphatic heterocycles. The van der Waals surface area contributed by atoms with Crippen LogP contribution in [-0.4, -0.2) is 96.8 Å². The zero-order valence-electron chi connectivity index (χ0n) is 54.6. The number of hydrogen-bond acceptors (Lipinski definition) is 17. The first-order valence-electron chi connectivity index (χ1n) is 31.9. The van der Waals surface area contributed by atoms with Gasteiger partial charge < -0.3 is 18.8 Å². The Morgan fingerprint density at radius 3 is 1.35 bits per heavy atom. The number of aryl methyl sites for hydroxylation is 3. The predicted molar refractivity (Wildman–Crippen MR) is 386 cm³/mol. The van der Waals surface area contributed by atoms with Gasteiger partial charge >= 0.3 is 19.8 Å². The molecule has 498 valence electrons. The van der Waals surface area contributed by atoms with Gasteiger partial charge in [0.2, 0.25) is 12.5 Å².